The summed E-state index contributed by atoms with van der Waals surface area (Å²) in [4.78, 5) is 30.7. The summed E-state index contributed by atoms with van der Waals surface area (Å²) in [6, 6.07) is 11.1. The lowest BCUT2D eigenvalue weighted by atomic mass is 9.68. The Morgan fingerprint density at radius 2 is 1.96 bits per heavy atom. The highest BCUT2D eigenvalue weighted by atomic mass is 35.5. The molecule has 2 N–H and O–H groups in total. The van der Waals surface area contributed by atoms with Gasteiger partial charge in [-0.2, -0.15) is 0 Å². The maximum Gasteiger partial charge on any atom is 0.410 e. The summed E-state index contributed by atoms with van der Waals surface area (Å²) in [5, 5.41) is 3.96. The average Bonchev–Trinajstić information content (AvgIpc) is 3.50. The van der Waals surface area contributed by atoms with Gasteiger partial charge in [-0.15, -0.1) is 0 Å². The zero-order valence-corrected chi connectivity index (χ0v) is 30.5. The van der Waals surface area contributed by atoms with Crippen LogP contribution in [-0.2, 0) is 36.1 Å². The molecule has 270 valence electrons. The number of sulfonamides is 1. The van der Waals surface area contributed by atoms with Gasteiger partial charge in [-0.1, -0.05) is 23.7 Å². The SMILES string of the molecule is CN[C@H]1CCN(C(=O)O[C@H]2/C=C\COC(C)(C)C(=O)NS(=O)(=O)c3ccc4c(c3)N(C[C@@H]3CC[C@H]32)C[C@@]2(CCCc3cc(Cl)ccc32)CO4)C1. The molecule has 2 aromatic carbocycles. The van der Waals surface area contributed by atoms with Crippen molar-refractivity contribution in [1.29, 1.82) is 0 Å². The molecule has 3 aliphatic heterocycles. The number of likely N-dealkylation sites (N-methyl/N-ethyl adjacent to an activating group) is 1. The zero-order valence-electron chi connectivity index (χ0n) is 29.0. The van der Waals surface area contributed by atoms with E-state index in [4.69, 9.17) is 25.8 Å². The Morgan fingerprint density at radius 3 is 2.72 bits per heavy atom. The predicted molar refractivity (Wildman–Crippen MR) is 190 cm³/mol. The van der Waals surface area contributed by atoms with E-state index in [2.05, 4.69) is 27.1 Å². The van der Waals surface area contributed by atoms with Crippen molar-refractivity contribution in [3.8, 4) is 5.75 Å². The van der Waals surface area contributed by atoms with Crippen LogP contribution in [0.2, 0.25) is 5.02 Å². The van der Waals surface area contributed by atoms with Crippen LogP contribution in [0.15, 0.2) is 53.4 Å². The van der Waals surface area contributed by atoms with E-state index in [9.17, 15) is 18.0 Å². The first-order valence-electron chi connectivity index (χ1n) is 17.7. The van der Waals surface area contributed by atoms with Crippen LogP contribution in [0.1, 0.15) is 57.1 Å². The van der Waals surface area contributed by atoms with Gasteiger partial charge in [0.25, 0.3) is 15.9 Å². The molecule has 7 rings (SSSR count). The van der Waals surface area contributed by atoms with Gasteiger partial charge in [0.05, 0.1) is 23.8 Å². The van der Waals surface area contributed by atoms with Gasteiger partial charge in [-0.3, -0.25) is 4.79 Å². The number of halogens is 1. The Hall–Kier alpha value is -3.32. The second-order valence-corrected chi connectivity index (χ2v) is 17.1. The highest BCUT2D eigenvalue weighted by Gasteiger charge is 2.45. The lowest BCUT2D eigenvalue weighted by molar-refractivity contribution is -0.139. The number of fused-ring (bicyclic) bond motifs is 4. The molecule has 1 saturated heterocycles. The van der Waals surface area contributed by atoms with Crippen LogP contribution >= 0.6 is 11.6 Å². The first-order valence-corrected chi connectivity index (χ1v) is 19.5. The van der Waals surface area contributed by atoms with Crippen molar-refractivity contribution < 1.29 is 32.2 Å². The minimum Gasteiger partial charge on any atom is -0.490 e. The summed E-state index contributed by atoms with van der Waals surface area (Å²) in [6.45, 7) is 5.96. The summed E-state index contributed by atoms with van der Waals surface area (Å²) in [5.74, 6) is -0.00448. The van der Waals surface area contributed by atoms with Gasteiger partial charge in [-0.25, -0.2) is 17.9 Å². The fourth-order valence-corrected chi connectivity index (χ4v) is 9.55. The summed E-state index contributed by atoms with van der Waals surface area (Å²) in [7, 11) is -2.33. The van der Waals surface area contributed by atoms with Gasteiger partial charge < -0.3 is 29.3 Å². The number of benzene rings is 2. The van der Waals surface area contributed by atoms with Crippen LogP contribution in [0.5, 0.6) is 5.75 Å². The van der Waals surface area contributed by atoms with Crippen LogP contribution in [0.4, 0.5) is 10.5 Å². The molecule has 2 aromatic rings. The van der Waals surface area contributed by atoms with Gasteiger partial charge in [-0.05, 0) is 113 Å². The van der Waals surface area contributed by atoms with Crippen molar-refractivity contribution in [2.24, 2.45) is 11.8 Å². The first-order chi connectivity index (χ1) is 23.9. The molecule has 2 fully saturated rings. The smallest absolute Gasteiger partial charge is 0.410 e. The van der Waals surface area contributed by atoms with Crippen molar-refractivity contribution >= 4 is 39.3 Å². The number of amides is 2. The Morgan fingerprint density at radius 1 is 1.12 bits per heavy atom. The Balaban J connectivity index is 1.27. The van der Waals surface area contributed by atoms with Crippen LogP contribution < -0.4 is 19.7 Å². The fraction of sp³-hybridized carbons (Fsp3) is 0.568. The van der Waals surface area contributed by atoms with E-state index >= 15 is 0 Å². The second-order valence-electron chi connectivity index (χ2n) is 15.0. The van der Waals surface area contributed by atoms with Crippen molar-refractivity contribution in [2.75, 3.05) is 51.3 Å². The molecular weight excluding hydrogens is 680 g/mol. The van der Waals surface area contributed by atoms with Gasteiger partial charge >= 0.3 is 6.09 Å². The van der Waals surface area contributed by atoms with Crippen molar-refractivity contribution in [3.05, 3.63) is 64.7 Å². The highest BCUT2D eigenvalue weighted by molar-refractivity contribution is 7.90. The predicted octanol–water partition coefficient (Wildman–Crippen LogP) is 4.81. The summed E-state index contributed by atoms with van der Waals surface area (Å²) in [6.07, 6.45) is 8.30. The first kappa shape index (κ1) is 35.1. The lowest BCUT2D eigenvalue weighted by Crippen LogP contribution is -2.50. The largest absolute Gasteiger partial charge is 0.490 e. The molecular formula is C37H47ClN4O7S. The minimum absolute atomic E-state index is 0.0322. The molecule has 0 unspecified atom stereocenters. The number of rotatable bonds is 2. The molecule has 50 heavy (non-hydrogen) atoms. The Labute approximate surface area is 299 Å². The summed E-state index contributed by atoms with van der Waals surface area (Å²) >= 11 is 6.44. The lowest BCUT2D eigenvalue weighted by Gasteiger charge is -2.46. The number of anilines is 1. The van der Waals surface area contributed by atoms with Gasteiger partial charge in [0.15, 0.2) is 0 Å². The van der Waals surface area contributed by atoms with Crippen molar-refractivity contribution in [2.45, 2.75) is 80.4 Å². The van der Waals surface area contributed by atoms with E-state index in [1.165, 1.54) is 31.0 Å². The number of likely N-dealkylation sites (tertiary alicyclic amines) is 1. The third kappa shape index (κ3) is 6.83. The molecule has 0 aromatic heterocycles. The molecule has 1 spiro atoms. The molecule has 2 aliphatic carbocycles. The van der Waals surface area contributed by atoms with Crippen molar-refractivity contribution in [1.82, 2.24) is 14.9 Å². The van der Waals surface area contributed by atoms with E-state index in [0.29, 0.717) is 49.2 Å². The number of carbonyl (C=O) groups is 2. The van der Waals surface area contributed by atoms with E-state index < -0.39 is 27.6 Å². The number of hydrogen-bond donors (Lipinski definition) is 2. The summed E-state index contributed by atoms with van der Waals surface area (Å²) in [5.41, 5.74) is 1.27. The quantitative estimate of drug-likeness (QED) is 0.420. The molecule has 5 atom stereocenters. The second kappa shape index (κ2) is 13.7. The third-order valence-electron chi connectivity index (χ3n) is 11.4. The fourth-order valence-electron chi connectivity index (χ4n) is 8.24. The van der Waals surface area contributed by atoms with E-state index in [0.717, 1.165) is 38.5 Å². The Kier molecular flexibility index (Phi) is 9.59. The number of nitrogens with zero attached hydrogens (tertiary/aromatic N) is 2. The third-order valence-corrected chi connectivity index (χ3v) is 13.0. The molecule has 2 amide bonds. The van der Waals surface area contributed by atoms with Crippen LogP contribution in [0.3, 0.4) is 0 Å². The standard InChI is InChI=1S/C37H47ClN4O7S/c1-36(2)34(43)40-50(45,46)28-10-13-33-31(19-28)42(22-37(23-47-33)15-4-6-24-18-26(38)9-12-30(24)37)20-25-8-11-29(25)32(7-5-17-48-36)49-35(44)41-16-14-27(21-41)39-3/h5,7,9-10,12-13,18-19,25,27,29,32,39H,4,6,8,11,14-17,20-23H2,1-3H3,(H,40,43)/b7-5-/t25-,27-,29+,32-,37-/m0/s1. The zero-order chi connectivity index (χ0) is 35.3. The molecule has 2 bridgehead atoms. The summed E-state index contributed by atoms with van der Waals surface area (Å²) < 4.78 is 48.2. The topological polar surface area (TPSA) is 127 Å². The molecule has 13 heteroatoms. The number of nitrogens with one attached hydrogen (secondary N) is 2. The highest BCUT2D eigenvalue weighted by Crippen LogP contribution is 2.47. The molecule has 5 aliphatic rings. The van der Waals surface area contributed by atoms with E-state index in [-0.39, 0.29) is 40.9 Å². The van der Waals surface area contributed by atoms with E-state index in [1.807, 2.05) is 19.2 Å². The number of ether oxygens (including phenoxy) is 3. The van der Waals surface area contributed by atoms with Crippen LogP contribution in [-0.4, -0.2) is 89.5 Å². The van der Waals surface area contributed by atoms with Gasteiger partial charge in [0.1, 0.15) is 17.5 Å². The number of aryl methyl sites for hydroxylation is 1. The maximum atomic E-state index is 13.6. The normalized spacial score (nSPS) is 30.9. The van der Waals surface area contributed by atoms with Gasteiger partial charge in [0, 0.05) is 48.6 Å². The molecule has 1 saturated carbocycles. The number of hydrogen-bond acceptors (Lipinski definition) is 9. The Bertz CT molecular complexity index is 1780. The average molecular weight is 727 g/mol. The number of carbonyl (C=O) groups excluding carboxylic acids is 2. The van der Waals surface area contributed by atoms with E-state index in [1.54, 1.807) is 23.1 Å². The molecule has 3 heterocycles. The maximum absolute atomic E-state index is 13.6. The minimum atomic E-state index is -4.24. The van der Waals surface area contributed by atoms with Crippen LogP contribution in [0, 0.1) is 11.8 Å². The monoisotopic (exact) mass is 726 g/mol. The van der Waals surface area contributed by atoms with Crippen molar-refractivity contribution in [3.63, 3.8) is 0 Å². The molecule has 11 nitrogen and oxygen atoms in total. The van der Waals surface area contributed by atoms with Crippen LogP contribution in [0.25, 0.3) is 0 Å². The molecule has 0 radical (unpaired) electrons. The van der Waals surface area contributed by atoms with Gasteiger partial charge in [0.2, 0.25) is 0 Å².